The second kappa shape index (κ2) is 22.6. The van der Waals surface area contributed by atoms with Crippen LogP contribution < -0.4 is 11.0 Å². The standard InChI is InChI=1S/C32H46Br2N2O10/c1-5-41-27(42-6-2)17-23(21-9-13-25(33)14-10-21)19-35-45-31(39)29(37)30(38)32(40)46-36-20-24(18-28(43-7-3)44-8-4)22-11-15-26(34)16-12-22/h9-16,23-24,27-30,35-38H,5-8,17-20H2,1-4H3/t23-,24-,29?,30?/m0/s1. The number of aliphatic hydroxyl groups excluding tert-OH is 2. The molecular formula is C32H46Br2N2O10. The van der Waals surface area contributed by atoms with Crippen molar-refractivity contribution in [2.45, 2.75) is 77.2 Å². The van der Waals surface area contributed by atoms with Gasteiger partial charge in [-0.25, -0.2) is 9.59 Å². The quantitative estimate of drug-likeness (QED) is 0.0930. The number of nitrogens with one attached hydrogen (secondary N) is 2. The molecule has 258 valence electrons. The summed E-state index contributed by atoms with van der Waals surface area (Å²) in [5.41, 5.74) is 6.95. The van der Waals surface area contributed by atoms with Gasteiger partial charge in [-0.15, -0.1) is 0 Å². The van der Waals surface area contributed by atoms with Gasteiger partial charge in [-0.05, 0) is 63.1 Å². The molecule has 14 heteroatoms. The Kier molecular flexibility index (Phi) is 19.7. The summed E-state index contributed by atoms with van der Waals surface area (Å²) < 4.78 is 24.6. The molecule has 0 aliphatic rings. The Morgan fingerprint density at radius 1 is 0.609 bits per heavy atom. The monoisotopic (exact) mass is 776 g/mol. The fourth-order valence-electron chi connectivity index (χ4n) is 4.53. The van der Waals surface area contributed by atoms with Crippen LogP contribution in [-0.4, -0.2) is 86.5 Å². The largest absolute Gasteiger partial charge is 0.379 e. The number of hydrogen-bond donors (Lipinski definition) is 4. The van der Waals surface area contributed by atoms with Gasteiger partial charge in [0.2, 0.25) is 0 Å². The van der Waals surface area contributed by atoms with Crippen LogP contribution in [0.2, 0.25) is 0 Å². The number of benzene rings is 2. The first-order chi connectivity index (χ1) is 22.1. The van der Waals surface area contributed by atoms with Gasteiger partial charge in [0.05, 0.1) is 0 Å². The molecule has 0 radical (unpaired) electrons. The van der Waals surface area contributed by atoms with Crippen LogP contribution in [0.25, 0.3) is 0 Å². The molecule has 4 N–H and O–H groups in total. The van der Waals surface area contributed by atoms with Gasteiger partial charge >= 0.3 is 11.9 Å². The van der Waals surface area contributed by atoms with Crippen molar-refractivity contribution in [2.75, 3.05) is 39.5 Å². The van der Waals surface area contributed by atoms with E-state index < -0.39 is 36.7 Å². The first-order valence-electron chi connectivity index (χ1n) is 15.3. The maximum absolute atomic E-state index is 12.5. The van der Waals surface area contributed by atoms with E-state index in [4.69, 9.17) is 28.6 Å². The first kappa shape index (κ1) is 40.2. The van der Waals surface area contributed by atoms with Crippen molar-refractivity contribution < 1.29 is 48.4 Å². The molecule has 0 spiro atoms. The zero-order valence-electron chi connectivity index (χ0n) is 26.7. The number of carbonyl (C=O) groups excluding carboxylic acids is 2. The number of halogens is 2. The van der Waals surface area contributed by atoms with E-state index in [0.717, 1.165) is 20.1 Å². The molecule has 46 heavy (non-hydrogen) atoms. The predicted molar refractivity (Wildman–Crippen MR) is 177 cm³/mol. The van der Waals surface area contributed by atoms with Gasteiger partial charge in [-0.1, -0.05) is 56.1 Å². The Labute approximate surface area is 287 Å². The summed E-state index contributed by atoms with van der Waals surface area (Å²) in [6.45, 7) is 9.60. The van der Waals surface area contributed by atoms with Gasteiger partial charge in [-0.3, -0.25) is 0 Å². The van der Waals surface area contributed by atoms with E-state index in [9.17, 15) is 19.8 Å². The molecule has 2 unspecified atom stereocenters. The summed E-state index contributed by atoms with van der Waals surface area (Å²) >= 11 is 6.85. The summed E-state index contributed by atoms with van der Waals surface area (Å²) in [5.74, 6) is -2.92. The third-order valence-corrected chi connectivity index (χ3v) is 7.89. The lowest BCUT2D eigenvalue weighted by Crippen LogP contribution is -2.45. The Morgan fingerprint density at radius 3 is 1.20 bits per heavy atom. The number of hydroxylamine groups is 2. The maximum Gasteiger partial charge on any atom is 0.357 e. The molecule has 0 amide bonds. The second-order valence-electron chi connectivity index (χ2n) is 10.1. The fraction of sp³-hybridized carbons (Fsp3) is 0.562. The Hall–Kier alpha value is -1.98. The van der Waals surface area contributed by atoms with Crippen LogP contribution in [0.1, 0.15) is 63.5 Å². The molecule has 2 aromatic carbocycles. The zero-order valence-corrected chi connectivity index (χ0v) is 29.8. The van der Waals surface area contributed by atoms with Gasteiger partial charge in [0.1, 0.15) is 0 Å². The first-order valence-corrected chi connectivity index (χ1v) is 16.9. The van der Waals surface area contributed by atoms with Gasteiger partial charge in [0.15, 0.2) is 24.8 Å². The van der Waals surface area contributed by atoms with Crippen LogP contribution in [-0.2, 0) is 38.2 Å². The minimum atomic E-state index is -2.20. The molecule has 0 aromatic heterocycles. The molecular weight excluding hydrogens is 732 g/mol. The molecule has 0 aliphatic carbocycles. The summed E-state index contributed by atoms with van der Waals surface area (Å²) in [7, 11) is 0. The van der Waals surface area contributed by atoms with Crippen LogP contribution in [0.5, 0.6) is 0 Å². The SMILES string of the molecule is CCOC(C[C@@H](CNOC(=O)C(O)C(O)C(=O)ONC[C@H](CC(OCC)OCC)c1ccc(Br)cc1)c1ccc(Br)cc1)OCC. The highest BCUT2D eigenvalue weighted by atomic mass is 79.9. The number of carbonyl (C=O) groups is 2. The number of ether oxygens (including phenoxy) is 4. The van der Waals surface area contributed by atoms with Crippen LogP contribution in [0.15, 0.2) is 57.5 Å². The van der Waals surface area contributed by atoms with Gasteiger partial charge in [0.25, 0.3) is 0 Å². The number of rotatable bonds is 23. The molecule has 2 aromatic rings. The summed E-state index contributed by atoms with van der Waals surface area (Å²) in [6, 6.07) is 15.2. The molecule has 0 saturated carbocycles. The second-order valence-corrected chi connectivity index (χ2v) is 11.9. The van der Waals surface area contributed by atoms with Gasteiger partial charge in [0, 0.05) is 73.1 Å². The average molecular weight is 779 g/mol. The molecule has 0 heterocycles. The van der Waals surface area contributed by atoms with Crippen molar-refractivity contribution in [1.29, 1.82) is 0 Å². The average Bonchev–Trinajstić information content (AvgIpc) is 3.04. The normalized spacial score (nSPS) is 14.2. The fourth-order valence-corrected chi connectivity index (χ4v) is 5.05. The van der Waals surface area contributed by atoms with Crippen molar-refractivity contribution in [3.8, 4) is 0 Å². The topological polar surface area (TPSA) is 154 Å². The van der Waals surface area contributed by atoms with Crippen LogP contribution in [0.3, 0.4) is 0 Å². The smallest absolute Gasteiger partial charge is 0.357 e. The maximum atomic E-state index is 12.5. The molecule has 0 fully saturated rings. The summed E-state index contributed by atoms with van der Waals surface area (Å²) in [4.78, 5) is 35.0. The molecule has 4 atom stereocenters. The molecule has 0 saturated heterocycles. The van der Waals surface area contributed by atoms with Crippen molar-refractivity contribution in [3.63, 3.8) is 0 Å². The van der Waals surface area contributed by atoms with Gasteiger partial charge in [-0.2, -0.15) is 11.0 Å². The van der Waals surface area contributed by atoms with Crippen molar-refractivity contribution >= 4 is 43.8 Å². The van der Waals surface area contributed by atoms with Gasteiger partial charge < -0.3 is 38.8 Å². The minimum Gasteiger partial charge on any atom is -0.379 e. The summed E-state index contributed by atoms with van der Waals surface area (Å²) in [5, 5.41) is 20.7. The Balaban J connectivity index is 1.94. The van der Waals surface area contributed by atoms with E-state index in [1.165, 1.54) is 0 Å². The highest BCUT2D eigenvalue weighted by Gasteiger charge is 2.34. The third-order valence-electron chi connectivity index (χ3n) is 6.83. The van der Waals surface area contributed by atoms with E-state index in [-0.39, 0.29) is 24.9 Å². The van der Waals surface area contributed by atoms with E-state index in [0.29, 0.717) is 39.3 Å². The Bertz CT molecular complexity index is 1040. The molecule has 2 rings (SSSR count). The van der Waals surface area contributed by atoms with E-state index in [1.54, 1.807) is 0 Å². The third kappa shape index (κ3) is 14.4. The Morgan fingerprint density at radius 2 is 0.913 bits per heavy atom. The lowest BCUT2D eigenvalue weighted by atomic mass is 9.95. The number of aliphatic hydroxyl groups is 2. The number of hydrogen-bond acceptors (Lipinski definition) is 12. The summed E-state index contributed by atoms with van der Waals surface area (Å²) in [6.07, 6.45) is -4.46. The predicted octanol–water partition coefficient (Wildman–Crippen LogP) is 4.47. The van der Waals surface area contributed by atoms with Crippen LogP contribution >= 0.6 is 31.9 Å². The van der Waals surface area contributed by atoms with E-state index in [2.05, 4.69) is 42.8 Å². The van der Waals surface area contributed by atoms with Crippen LogP contribution in [0, 0.1) is 0 Å². The molecule has 0 aliphatic heterocycles. The van der Waals surface area contributed by atoms with Crippen molar-refractivity contribution in [1.82, 2.24) is 11.0 Å². The van der Waals surface area contributed by atoms with Crippen molar-refractivity contribution in [3.05, 3.63) is 68.6 Å². The lowest BCUT2D eigenvalue weighted by Gasteiger charge is -2.25. The highest BCUT2D eigenvalue weighted by Crippen LogP contribution is 2.26. The van der Waals surface area contributed by atoms with E-state index in [1.807, 2.05) is 76.2 Å². The highest BCUT2D eigenvalue weighted by molar-refractivity contribution is 9.10. The lowest BCUT2D eigenvalue weighted by molar-refractivity contribution is -0.182. The van der Waals surface area contributed by atoms with Crippen LogP contribution in [0.4, 0.5) is 0 Å². The van der Waals surface area contributed by atoms with E-state index >= 15 is 0 Å². The molecule has 0 bridgehead atoms. The molecule has 12 nitrogen and oxygen atoms in total. The minimum absolute atomic E-state index is 0.140. The zero-order chi connectivity index (χ0) is 33.9. The van der Waals surface area contributed by atoms with Crippen molar-refractivity contribution in [2.24, 2.45) is 0 Å².